The van der Waals surface area contributed by atoms with E-state index in [1.165, 1.54) is 38.8 Å². The molecule has 0 unspecified atom stereocenters. The summed E-state index contributed by atoms with van der Waals surface area (Å²) >= 11 is 1.59. The normalized spacial score (nSPS) is 27.3. The number of aliphatic hydroxyl groups excluding tert-OH is 2. The van der Waals surface area contributed by atoms with Crippen molar-refractivity contribution in [1.29, 1.82) is 0 Å². The molecule has 124 valence electrons. The van der Waals surface area contributed by atoms with Crippen molar-refractivity contribution in [3.05, 3.63) is 11.1 Å². The van der Waals surface area contributed by atoms with Gasteiger partial charge in [-0.3, -0.25) is 0 Å². The van der Waals surface area contributed by atoms with Crippen LogP contribution in [-0.2, 0) is 6.61 Å². The molecule has 0 saturated carbocycles. The summed E-state index contributed by atoms with van der Waals surface area (Å²) in [7, 11) is 0. The average molecular weight is 325 g/mol. The van der Waals surface area contributed by atoms with Crippen molar-refractivity contribution >= 4 is 16.5 Å². The van der Waals surface area contributed by atoms with Crippen molar-refractivity contribution in [3.8, 4) is 0 Å². The monoisotopic (exact) mass is 325 g/mol. The molecule has 1 aromatic rings. The molecule has 0 spiro atoms. The summed E-state index contributed by atoms with van der Waals surface area (Å²) in [5.74, 6) is 0.856. The van der Waals surface area contributed by atoms with E-state index in [1.807, 2.05) is 5.38 Å². The van der Waals surface area contributed by atoms with Crippen LogP contribution in [0.5, 0.6) is 0 Å². The number of likely N-dealkylation sites (tertiary alicyclic amines) is 1. The number of aromatic nitrogens is 1. The molecule has 1 aromatic heterocycles. The van der Waals surface area contributed by atoms with Crippen LogP contribution in [0.4, 0.5) is 5.13 Å². The fraction of sp³-hybridized carbons (Fsp3) is 0.812. The van der Waals surface area contributed by atoms with E-state index < -0.39 is 0 Å². The molecule has 2 aliphatic heterocycles. The van der Waals surface area contributed by atoms with E-state index in [-0.39, 0.29) is 13.2 Å². The minimum absolute atomic E-state index is 0.00494. The maximum absolute atomic E-state index is 9.74. The second-order valence-electron chi connectivity index (χ2n) is 6.60. The van der Waals surface area contributed by atoms with Crippen LogP contribution in [0.3, 0.4) is 0 Å². The number of hydrogen-bond acceptors (Lipinski definition) is 6. The van der Waals surface area contributed by atoms with Crippen molar-refractivity contribution < 1.29 is 10.2 Å². The molecule has 2 N–H and O–H groups in total. The number of rotatable bonds is 5. The molecule has 0 aromatic carbocycles. The lowest BCUT2D eigenvalue weighted by Gasteiger charge is -2.26. The van der Waals surface area contributed by atoms with Gasteiger partial charge in [0.25, 0.3) is 0 Å². The third-order valence-electron chi connectivity index (χ3n) is 4.97. The van der Waals surface area contributed by atoms with Gasteiger partial charge in [-0.25, -0.2) is 4.98 Å². The van der Waals surface area contributed by atoms with Gasteiger partial charge in [0.2, 0.25) is 0 Å². The van der Waals surface area contributed by atoms with Gasteiger partial charge in [0.1, 0.15) is 0 Å². The predicted octanol–water partition coefficient (Wildman–Crippen LogP) is 1.56. The lowest BCUT2D eigenvalue weighted by Crippen LogP contribution is -2.34. The van der Waals surface area contributed by atoms with Gasteiger partial charge in [-0.15, -0.1) is 11.3 Å². The lowest BCUT2D eigenvalue weighted by atomic mass is 9.96. The molecule has 0 amide bonds. The first-order valence-electron chi connectivity index (χ1n) is 8.43. The van der Waals surface area contributed by atoms with Crippen LogP contribution in [-0.4, -0.2) is 59.4 Å². The van der Waals surface area contributed by atoms with Crippen LogP contribution in [0.2, 0.25) is 0 Å². The highest BCUT2D eigenvalue weighted by molar-refractivity contribution is 7.13. The van der Waals surface area contributed by atoms with Crippen LogP contribution in [0.25, 0.3) is 0 Å². The number of thiazole rings is 1. The van der Waals surface area contributed by atoms with Gasteiger partial charge < -0.3 is 20.0 Å². The zero-order chi connectivity index (χ0) is 15.4. The van der Waals surface area contributed by atoms with E-state index in [0.717, 1.165) is 30.5 Å². The van der Waals surface area contributed by atoms with Gasteiger partial charge in [0, 0.05) is 37.5 Å². The fourth-order valence-electron chi connectivity index (χ4n) is 3.67. The quantitative estimate of drug-likeness (QED) is 0.860. The second-order valence-corrected chi connectivity index (χ2v) is 7.44. The number of anilines is 1. The van der Waals surface area contributed by atoms with E-state index in [4.69, 9.17) is 5.11 Å². The first-order chi connectivity index (χ1) is 10.8. The summed E-state index contributed by atoms with van der Waals surface area (Å²) in [6.45, 7) is 5.63. The Labute approximate surface area is 136 Å². The van der Waals surface area contributed by atoms with Crippen LogP contribution in [0.1, 0.15) is 31.4 Å². The smallest absolute Gasteiger partial charge is 0.185 e. The summed E-state index contributed by atoms with van der Waals surface area (Å²) in [5.41, 5.74) is 0.747. The summed E-state index contributed by atoms with van der Waals surface area (Å²) in [6.07, 6.45) is 5.35. The Balaban J connectivity index is 1.61. The standard InChI is InChI=1S/C16H27N3O2S/c20-10-14-9-19(16-17-15(11-21)12-22-16)8-13(14)7-18-5-3-1-2-4-6-18/h12-14,20-21H,1-11H2/t13-,14-/m1/s1. The van der Waals surface area contributed by atoms with Gasteiger partial charge in [-0.05, 0) is 31.8 Å². The van der Waals surface area contributed by atoms with Crippen LogP contribution >= 0.6 is 11.3 Å². The first kappa shape index (κ1) is 16.2. The van der Waals surface area contributed by atoms with E-state index in [9.17, 15) is 5.11 Å². The maximum Gasteiger partial charge on any atom is 0.185 e. The van der Waals surface area contributed by atoms with E-state index in [1.54, 1.807) is 11.3 Å². The Morgan fingerprint density at radius 2 is 1.82 bits per heavy atom. The largest absolute Gasteiger partial charge is 0.396 e. The molecule has 0 radical (unpaired) electrons. The number of aliphatic hydroxyl groups is 2. The molecule has 0 aliphatic carbocycles. The summed E-state index contributed by atoms with van der Waals surface area (Å²) < 4.78 is 0. The molecule has 2 atom stereocenters. The highest BCUT2D eigenvalue weighted by Gasteiger charge is 2.34. The third kappa shape index (κ3) is 3.79. The zero-order valence-electron chi connectivity index (χ0n) is 13.2. The Morgan fingerprint density at radius 3 is 2.45 bits per heavy atom. The van der Waals surface area contributed by atoms with Gasteiger partial charge >= 0.3 is 0 Å². The van der Waals surface area contributed by atoms with Crippen LogP contribution in [0, 0.1) is 11.8 Å². The van der Waals surface area contributed by atoms with E-state index >= 15 is 0 Å². The molecular formula is C16H27N3O2S. The first-order valence-corrected chi connectivity index (χ1v) is 9.31. The minimum atomic E-state index is 0.00494. The summed E-state index contributed by atoms with van der Waals surface area (Å²) in [6, 6.07) is 0. The molecular weight excluding hydrogens is 298 g/mol. The molecule has 2 saturated heterocycles. The Kier molecular flexibility index (Phi) is 5.68. The van der Waals surface area contributed by atoms with Gasteiger partial charge in [-0.1, -0.05) is 12.8 Å². The Morgan fingerprint density at radius 1 is 1.09 bits per heavy atom. The average Bonchev–Trinajstić information content (AvgIpc) is 3.08. The van der Waals surface area contributed by atoms with E-state index in [0.29, 0.717) is 11.8 Å². The Hall–Kier alpha value is -0.690. The van der Waals surface area contributed by atoms with Crippen molar-refractivity contribution in [1.82, 2.24) is 9.88 Å². The number of nitrogens with zero attached hydrogens (tertiary/aromatic N) is 3. The van der Waals surface area contributed by atoms with Crippen molar-refractivity contribution in [2.75, 3.05) is 44.2 Å². The second kappa shape index (κ2) is 7.73. The molecule has 6 heteroatoms. The van der Waals surface area contributed by atoms with Crippen molar-refractivity contribution in [2.24, 2.45) is 11.8 Å². The highest BCUT2D eigenvalue weighted by Crippen LogP contribution is 2.31. The molecule has 22 heavy (non-hydrogen) atoms. The maximum atomic E-state index is 9.74. The minimum Gasteiger partial charge on any atom is -0.396 e. The summed E-state index contributed by atoms with van der Waals surface area (Å²) in [4.78, 5) is 9.35. The number of hydrogen-bond donors (Lipinski definition) is 2. The zero-order valence-corrected chi connectivity index (χ0v) is 14.0. The highest BCUT2D eigenvalue weighted by atomic mass is 32.1. The summed E-state index contributed by atoms with van der Waals surface area (Å²) in [5, 5.41) is 21.8. The molecule has 3 rings (SSSR count). The van der Waals surface area contributed by atoms with Crippen LogP contribution in [0.15, 0.2) is 5.38 Å². The van der Waals surface area contributed by atoms with E-state index in [2.05, 4.69) is 14.8 Å². The molecule has 5 nitrogen and oxygen atoms in total. The van der Waals surface area contributed by atoms with Gasteiger partial charge in [-0.2, -0.15) is 0 Å². The SMILES string of the molecule is OCc1csc(N2C[C@@H](CN3CCCCCC3)[C@@H](CO)C2)n1. The Bertz CT molecular complexity index is 460. The molecule has 2 aliphatic rings. The lowest BCUT2D eigenvalue weighted by molar-refractivity contribution is 0.165. The molecule has 0 bridgehead atoms. The van der Waals surface area contributed by atoms with Crippen LogP contribution < -0.4 is 4.90 Å². The van der Waals surface area contributed by atoms with Crippen molar-refractivity contribution in [2.45, 2.75) is 32.3 Å². The molecule has 3 heterocycles. The third-order valence-corrected chi connectivity index (χ3v) is 5.92. The van der Waals surface area contributed by atoms with Gasteiger partial charge in [0.15, 0.2) is 5.13 Å². The fourth-order valence-corrected chi connectivity index (χ4v) is 4.51. The molecule has 2 fully saturated rings. The van der Waals surface area contributed by atoms with Gasteiger partial charge in [0.05, 0.1) is 12.3 Å². The predicted molar refractivity (Wildman–Crippen MR) is 89.2 cm³/mol. The topological polar surface area (TPSA) is 59.8 Å². The van der Waals surface area contributed by atoms with Crippen molar-refractivity contribution in [3.63, 3.8) is 0 Å².